The molecule has 128 valence electrons. The topological polar surface area (TPSA) is 9.23 Å². The maximum absolute atomic E-state index is 6.45. The molecule has 0 radical (unpaired) electrons. The van der Waals surface area contributed by atoms with Gasteiger partial charge in [-0.3, -0.25) is 0 Å². The van der Waals surface area contributed by atoms with Crippen LogP contribution in [0.3, 0.4) is 0 Å². The van der Waals surface area contributed by atoms with Crippen molar-refractivity contribution in [3.8, 4) is 16.9 Å². The van der Waals surface area contributed by atoms with Gasteiger partial charge in [0.15, 0.2) is 0 Å². The van der Waals surface area contributed by atoms with Gasteiger partial charge in [0.1, 0.15) is 11.9 Å². The highest BCUT2D eigenvalue weighted by Crippen LogP contribution is 2.35. The van der Waals surface area contributed by atoms with E-state index in [1.54, 1.807) is 0 Å². The first kappa shape index (κ1) is 16.4. The molecule has 0 amide bonds. The number of ether oxygens (including phenoxy) is 1. The molecule has 0 aromatic heterocycles. The maximum atomic E-state index is 6.45. The van der Waals surface area contributed by atoms with E-state index in [4.69, 9.17) is 4.74 Å². The van der Waals surface area contributed by atoms with Crippen LogP contribution in [0.5, 0.6) is 5.75 Å². The van der Waals surface area contributed by atoms with Crippen molar-refractivity contribution in [1.82, 2.24) is 0 Å². The van der Waals surface area contributed by atoms with E-state index in [1.165, 1.54) is 22.1 Å². The molecule has 0 bridgehead atoms. The second kappa shape index (κ2) is 7.45. The second-order valence-corrected chi connectivity index (χ2v) is 6.45. The Balaban J connectivity index is 1.77. The molecule has 0 spiro atoms. The van der Waals surface area contributed by atoms with E-state index >= 15 is 0 Å². The minimum absolute atomic E-state index is 0.0576. The minimum Gasteiger partial charge on any atom is -0.485 e. The SMILES string of the molecule is CCC(Oc1cccc2c(-c3ccccc3)cccc12)c1ccccc1. The van der Waals surface area contributed by atoms with Gasteiger partial charge in [-0.1, -0.05) is 97.9 Å². The number of hydrogen-bond acceptors (Lipinski definition) is 1. The van der Waals surface area contributed by atoms with Gasteiger partial charge in [0, 0.05) is 5.39 Å². The minimum atomic E-state index is 0.0576. The number of benzene rings is 4. The molecule has 0 fully saturated rings. The first-order chi connectivity index (χ1) is 12.9. The molecule has 0 aliphatic rings. The second-order valence-electron chi connectivity index (χ2n) is 6.45. The average molecular weight is 338 g/mol. The van der Waals surface area contributed by atoms with E-state index in [0.29, 0.717) is 0 Å². The molecule has 0 aliphatic heterocycles. The van der Waals surface area contributed by atoms with Crippen molar-refractivity contribution in [1.29, 1.82) is 0 Å². The van der Waals surface area contributed by atoms with Gasteiger partial charge in [-0.15, -0.1) is 0 Å². The zero-order valence-corrected chi connectivity index (χ0v) is 14.9. The van der Waals surface area contributed by atoms with Crippen LogP contribution in [-0.4, -0.2) is 0 Å². The molecule has 1 nitrogen and oxygen atoms in total. The van der Waals surface area contributed by atoms with E-state index in [9.17, 15) is 0 Å². The first-order valence-electron chi connectivity index (χ1n) is 9.15. The average Bonchev–Trinajstić information content (AvgIpc) is 2.73. The Hall–Kier alpha value is -3.06. The summed E-state index contributed by atoms with van der Waals surface area (Å²) in [5.74, 6) is 0.941. The van der Waals surface area contributed by atoms with Gasteiger partial charge in [-0.25, -0.2) is 0 Å². The molecule has 26 heavy (non-hydrogen) atoms. The van der Waals surface area contributed by atoms with Crippen LogP contribution in [0, 0.1) is 0 Å². The third-order valence-corrected chi connectivity index (χ3v) is 4.78. The van der Waals surface area contributed by atoms with Gasteiger partial charge < -0.3 is 4.74 Å². The van der Waals surface area contributed by atoms with Crippen molar-refractivity contribution < 1.29 is 4.74 Å². The molecule has 4 aromatic rings. The molecule has 4 aromatic carbocycles. The summed E-state index contributed by atoms with van der Waals surface area (Å²) < 4.78 is 6.45. The van der Waals surface area contributed by atoms with Gasteiger partial charge in [0.05, 0.1) is 0 Å². The summed E-state index contributed by atoms with van der Waals surface area (Å²) in [5.41, 5.74) is 3.68. The highest BCUT2D eigenvalue weighted by molar-refractivity contribution is 5.99. The molecule has 1 unspecified atom stereocenters. The fourth-order valence-electron chi connectivity index (χ4n) is 3.46. The lowest BCUT2D eigenvalue weighted by Gasteiger charge is -2.20. The zero-order valence-electron chi connectivity index (χ0n) is 14.9. The summed E-state index contributed by atoms with van der Waals surface area (Å²) in [6, 6.07) is 33.7. The standard InChI is InChI=1S/C25H22O/c1-2-24(20-13-7-4-8-14-20)26-25-18-10-16-22-21(15-9-17-23(22)25)19-11-5-3-6-12-19/h3-18,24H,2H2,1H3. The lowest BCUT2D eigenvalue weighted by Crippen LogP contribution is -2.06. The van der Waals surface area contributed by atoms with Crippen LogP contribution in [0.2, 0.25) is 0 Å². The van der Waals surface area contributed by atoms with Crippen LogP contribution in [0.1, 0.15) is 25.0 Å². The molecular formula is C25H22O. The monoisotopic (exact) mass is 338 g/mol. The van der Waals surface area contributed by atoms with E-state index in [1.807, 2.05) is 6.07 Å². The quantitative estimate of drug-likeness (QED) is 0.379. The Morgan fingerprint density at radius 3 is 2.04 bits per heavy atom. The normalized spacial score (nSPS) is 12.0. The summed E-state index contributed by atoms with van der Waals surface area (Å²) >= 11 is 0. The molecule has 0 N–H and O–H groups in total. The van der Waals surface area contributed by atoms with Crippen molar-refractivity contribution >= 4 is 10.8 Å². The smallest absolute Gasteiger partial charge is 0.128 e. The molecule has 0 heterocycles. The van der Waals surface area contributed by atoms with Crippen molar-refractivity contribution in [2.24, 2.45) is 0 Å². The van der Waals surface area contributed by atoms with E-state index in [0.717, 1.165) is 17.6 Å². The number of fused-ring (bicyclic) bond motifs is 1. The van der Waals surface area contributed by atoms with Crippen LogP contribution in [0.15, 0.2) is 97.1 Å². The van der Waals surface area contributed by atoms with Crippen LogP contribution >= 0.6 is 0 Å². The fourth-order valence-corrected chi connectivity index (χ4v) is 3.46. The highest BCUT2D eigenvalue weighted by atomic mass is 16.5. The summed E-state index contributed by atoms with van der Waals surface area (Å²) in [6.45, 7) is 2.16. The third-order valence-electron chi connectivity index (χ3n) is 4.78. The predicted octanol–water partition coefficient (Wildman–Crippen LogP) is 7.04. The number of hydrogen-bond donors (Lipinski definition) is 0. The van der Waals surface area contributed by atoms with Gasteiger partial charge in [0.2, 0.25) is 0 Å². The van der Waals surface area contributed by atoms with Crippen LogP contribution < -0.4 is 4.74 Å². The molecular weight excluding hydrogens is 316 g/mol. The molecule has 0 aliphatic carbocycles. The predicted molar refractivity (Wildman–Crippen MR) is 109 cm³/mol. The molecule has 1 atom stereocenters. The Morgan fingerprint density at radius 1 is 0.654 bits per heavy atom. The third kappa shape index (κ3) is 3.21. The van der Waals surface area contributed by atoms with E-state index < -0.39 is 0 Å². The van der Waals surface area contributed by atoms with E-state index in [2.05, 4.69) is 97.9 Å². The molecule has 0 saturated heterocycles. The Kier molecular flexibility index (Phi) is 4.70. The summed E-state index contributed by atoms with van der Waals surface area (Å²) in [7, 11) is 0. The molecule has 1 heteroatoms. The van der Waals surface area contributed by atoms with Crippen molar-refractivity contribution in [3.63, 3.8) is 0 Å². The van der Waals surface area contributed by atoms with Gasteiger partial charge in [-0.2, -0.15) is 0 Å². The van der Waals surface area contributed by atoms with Crippen LogP contribution in [-0.2, 0) is 0 Å². The lowest BCUT2D eigenvalue weighted by molar-refractivity contribution is 0.204. The summed E-state index contributed by atoms with van der Waals surface area (Å²) in [4.78, 5) is 0. The Morgan fingerprint density at radius 2 is 1.31 bits per heavy atom. The first-order valence-corrected chi connectivity index (χ1v) is 9.15. The maximum Gasteiger partial charge on any atom is 0.128 e. The van der Waals surface area contributed by atoms with Crippen LogP contribution in [0.25, 0.3) is 21.9 Å². The van der Waals surface area contributed by atoms with Gasteiger partial charge >= 0.3 is 0 Å². The zero-order chi connectivity index (χ0) is 17.8. The number of rotatable bonds is 5. The van der Waals surface area contributed by atoms with Gasteiger partial charge in [-0.05, 0) is 34.6 Å². The van der Waals surface area contributed by atoms with Crippen LogP contribution in [0.4, 0.5) is 0 Å². The summed E-state index contributed by atoms with van der Waals surface area (Å²) in [6.07, 6.45) is 0.987. The Labute approximate surface area is 154 Å². The van der Waals surface area contributed by atoms with Gasteiger partial charge in [0.25, 0.3) is 0 Å². The molecule has 4 rings (SSSR count). The highest BCUT2D eigenvalue weighted by Gasteiger charge is 2.13. The largest absolute Gasteiger partial charge is 0.485 e. The Bertz CT molecular complexity index is 990. The van der Waals surface area contributed by atoms with Crippen molar-refractivity contribution in [2.75, 3.05) is 0 Å². The molecule has 0 saturated carbocycles. The lowest BCUT2D eigenvalue weighted by atomic mass is 9.98. The fraction of sp³-hybridized carbons (Fsp3) is 0.120. The van der Waals surface area contributed by atoms with E-state index in [-0.39, 0.29) is 6.10 Å². The van der Waals surface area contributed by atoms with Crippen molar-refractivity contribution in [3.05, 3.63) is 103 Å². The summed E-state index contributed by atoms with van der Waals surface area (Å²) in [5, 5.41) is 2.38. The van der Waals surface area contributed by atoms with Crippen molar-refractivity contribution in [2.45, 2.75) is 19.4 Å².